The second kappa shape index (κ2) is 17.4. The Balaban J connectivity index is 1.06. The monoisotopic (exact) mass is 917 g/mol. The summed E-state index contributed by atoms with van der Waals surface area (Å²) >= 11 is 0. The molecule has 350 valence electrons. The van der Waals surface area contributed by atoms with Crippen molar-refractivity contribution in [2.24, 2.45) is 5.92 Å². The molecule has 1 unspecified atom stereocenters. The lowest BCUT2D eigenvalue weighted by molar-refractivity contribution is -0.0672. The summed E-state index contributed by atoms with van der Waals surface area (Å²) in [4.78, 5) is 46.6. The molecule has 2 saturated heterocycles. The fourth-order valence-electron chi connectivity index (χ4n) is 9.99. The number of aliphatic hydroxyl groups excluding tert-OH is 1. The second-order valence-electron chi connectivity index (χ2n) is 20.1. The van der Waals surface area contributed by atoms with Gasteiger partial charge in [0.1, 0.15) is 15.9 Å². The molecular weight excluding hydrogens is 855 g/mol. The number of allylic oxidation sites excluding steroid dienone is 3. The van der Waals surface area contributed by atoms with Gasteiger partial charge in [-0.2, -0.15) is 0 Å². The Morgan fingerprint density at radius 3 is 2.39 bits per heavy atom. The molecule has 2 aromatic carbocycles. The highest BCUT2D eigenvalue weighted by Crippen LogP contribution is 2.44. The van der Waals surface area contributed by atoms with Gasteiger partial charge in [-0.25, -0.2) is 27.2 Å². The minimum Gasteiger partial charge on any atom is -0.444 e. The van der Waals surface area contributed by atoms with Crippen LogP contribution in [0.4, 0.5) is 10.7 Å². The first kappa shape index (κ1) is 45.8. The van der Waals surface area contributed by atoms with Gasteiger partial charge in [0.05, 0.1) is 23.9 Å². The number of pyridine rings is 1. The molecule has 0 bridgehead atoms. The smallest absolute Gasteiger partial charge is 0.410 e. The Kier molecular flexibility index (Phi) is 12.1. The SMILES string of the molecule is CC1=CC=CCC1(C)S(=O)(=O)n1ccc2c(-c3ccc4nc(N5CCC(CN6C[C@@H](C)N(C(=O)OC(C)(C)C)C[C@@H]6C)CC5)nc([C@@](CO)(OC5CC5)c5ccccc5)c4c3)c[nH]c(=O)c21. The Hall–Kier alpha value is -5.35. The van der Waals surface area contributed by atoms with E-state index in [2.05, 4.69) is 28.6 Å². The molecule has 4 atom stereocenters. The van der Waals surface area contributed by atoms with Crippen LogP contribution in [0.25, 0.3) is 32.9 Å². The highest BCUT2D eigenvalue weighted by Gasteiger charge is 2.45. The van der Waals surface area contributed by atoms with Gasteiger partial charge in [0.25, 0.3) is 5.56 Å². The van der Waals surface area contributed by atoms with Gasteiger partial charge >= 0.3 is 6.09 Å². The number of piperazine rings is 1. The predicted octanol–water partition coefficient (Wildman–Crippen LogP) is 7.74. The lowest BCUT2D eigenvalue weighted by atomic mass is 9.87. The molecule has 1 amide bonds. The van der Waals surface area contributed by atoms with Gasteiger partial charge in [0, 0.05) is 73.5 Å². The average molecular weight is 918 g/mol. The summed E-state index contributed by atoms with van der Waals surface area (Å²) in [6.07, 6.45) is 12.2. The van der Waals surface area contributed by atoms with E-state index in [1.807, 2.05) is 86.4 Å². The number of hydrogen-bond acceptors (Lipinski definition) is 11. The lowest BCUT2D eigenvalue weighted by Crippen LogP contribution is -2.59. The zero-order chi connectivity index (χ0) is 46.8. The van der Waals surface area contributed by atoms with Crippen LogP contribution in [0.15, 0.2) is 95.6 Å². The Bertz CT molecular complexity index is 2880. The van der Waals surface area contributed by atoms with E-state index in [4.69, 9.17) is 19.4 Å². The van der Waals surface area contributed by atoms with Crippen molar-refractivity contribution in [3.63, 3.8) is 0 Å². The molecule has 14 nitrogen and oxygen atoms in total. The lowest BCUT2D eigenvalue weighted by Gasteiger charge is -2.46. The van der Waals surface area contributed by atoms with Crippen LogP contribution < -0.4 is 10.5 Å². The largest absolute Gasteiger partial charge is 0.444 e. The number of anilines is 1. The van der Waals surface area contributed by atoms with Crippen molar-refractivity contribution >= 4 is 43.9 Å². The zero-order valence-electron chi connectivity index (χ0n) is 39.2. The highest BCUT2D eigenvalue weighted by molar-refractivity contribution is 7.91. The number of rotatable bonds is 11. The first-order valence-corrected chi connectivity index (χ1v) is 24.8. The summed E-state index contributed by atoms with van der Waals surface area (Å²) in [6.45, 7) is 17.0. The maximum Gasteiger partial charge on any atom is 0.410 e. The molecule has 66 heavy (non-hydrogen) atoms. The number of aromatic amines is 1. The Morgan fingerprint density at radius 1 is 0.970 bits per heavy atom. The van der Waals surface area contributed by atoms with Gasteiger partial charge < -0.3 is 29.4 Å². The first-order valence-electron chi connectivity index (χ1n) is 23.4. The standard InChI is InChI=1S/C51H63N7O7S/c1-33-13-11-12-23-50(33,7)66(62,63)58-26-22-40-42(28-52-46(60)44(40)58)37-16-19-43-41(27-37)45(51(32-59,64-39-17-18-39)38-14-9-8-10-15-38)54-47(53-43)55-24-20-36(21-25-55)31-56-29-35(3)57(30-34(56)2)48(61)65-49(4,5)6/h8-16,19,22,26-28,34-36,39,59H,17-18,20-21,23-25,29-32H2,1-7H3,(H,52,60)/t34-,35+,50?,51-/m0/s1. The molecule has 2 aliphatic carbocycles. The number of benzene rings is 2. The maximum absolute atomic E-state index is 14.4. The van der Waals surface area contributed by atoms with E-state index in [1.54, 1.807) is 32.2 Å². The molecule has 3 fully saturated rings. The maximum atomic E-state index is 14.4. The van der Waals surface area contributed by atoms with Gasteiger partial charge in [-0.15, -0.1) is 0 Å². The number of nitrogens with zero attached hydrogens (tertiary/aromatic N) is 6. The normalized spacial score (nSPS) is 23.3. The van der Waals surface area contributed by atoms with Crippen LogP contribution >= 0.6 is 0 Å². The van der Waals surface area contributed by atoms with E-state index in [0.717, 1.165) is 61.4 Å². The van der Waals surface area contributed by atoms with E-state index in [-0.39, 0.29) is 42.8 Å². The number of aromatic nitrogens is 4. The van der Waals surface area contributed by atoms with Gasteiger partial charge in [-0.05, 0) is 116 Å². The number of carbonyl (C=O) groups is 1. The molecule has 2 aliphatic heterocycles. The number of carbonyl (C=O) groups excluding carboxylic acids is 1. The van der Waals surface area contributed by atoms with Gasteiger partial charge in [0.2, 0.25) is 16.0 Å². The number of H-pyrrole nitrogens is 1. The molecule has 5 heterocycles. The van der Waals surface area contributed by atoms with Crippen molar-refractivity contribution < 1.29 is 27.8 Å². The quantitative estimate of drug-likeness (QED) is 0.133. The third-order valence-electron chi connectivity index (χ3n) is 14.2. The summed E-state index contributed by atoms with van der Waals surface area (Å²) in [6, 6.07) is 17.5. The van der Waals surface area contributed by atoms with Crippen molar-refractivity contribution in [3.05, 3.63) is 112 Å². The van der Waals surface area contributed by atoms with Crippen molar-refractivity contribution in [3.8, 4) is 11.1 Å². The highest BCUT2D eigenvalue weighted by atomic mass is 32.2. The fourth-order valence-corrected chi connectivity index (χ4v) is 11.9. The molecule has 3 aromatic heterocycles. The van der Waals surface area contributed by atoms with Gasteiger partial charge in [-0.3, -0.25) is 9.69 Å². The number of ether oxygens (including phenoxy) is 2. The number of aliphatic hydroxyl groups is 1. The number of nitrogens with one attached hydrogen (secondary N) is 1. The summed E-state index contributed by atoms with van der Waals surface area (Å²) in [5, 5.41) is 12.8. The fraction of sp³-hybridized carbons (Fsp3) is 0.490. The van der Waals surface area contributed by atoms with Crippen molar-refractivity contribution in [2.75, 3.05) is 44.2 Å². The van der Waals surface area contributed by atoms with Crippen LogP contribution in [0.3, 0.4) is 0 Å². The van der Waals surface area contributed by atoms with Gasteiger partial charge in [0.15, 0.2) is 5.60 Å². The number of fused-ring (bicyclic) bond motifs is 2. The number of amides is 1. The minimum atomic E-state index is -4.07. The third kappa shape index (κ3) is 8.37. The molecule has 2 N–H and O–H groups in total. The summed E-state index contributed by atoms with van der Waals surface area (Å²) in [7, 11) is -4.07. The second-order valence-corrected chi connectivity index (χ2v) is 22.4. The molecular formula is C51H63N7O7S. The number of piperidine rings is 1. The molecule has 0 radical (unpaired) electrons. The van der Waals surface area contributed by atoms with Crippen LogP contribution in [0.1, 0.15) is 91.8 Å². The molecule has 0 spiro atoms. The van der Waals surface area contributed by atoms with Crippen LogP contribution in [0.2, 0.25) is 0 Å². The van der Waals surface area contributed by atoms with E-state index in [1.165, 1.54) is 6.20 Å². The number of hydrogen-bond donors (Lipinski definition) is 2. The van der Waals surface area contributed by atoms with E-state index in [0.29, 0.717) is 57.1 Å². The third-order valence-corrected chi connectivity index (χ3v) is 16.7. The van der Waals surface area contributed by atoms with E-state index in [9.17, 15) is 23.1 Å². The topological polar surface area (TPSA) is 163 Å². The predicted molar refractivity (Wildman–Crippen MR) is 258 cm³/mol. The first-order chi connectivity index (χ1) is 31.4. The molecule has 1 saturated carbocycles. The van der Waals surface area contributed by atoms with Crippen LogP contribution in [-0.2, 0) is 25.1 Å². The average Bonchev–Trinajstić information content (AvgIpc) is 3.99. The minimum absolute atomic E-state index is 0.0393. The summed E-state index contributed by atoms with van der Waals surface area (Å²) in [5.41, 5.74) is 1.68. The molecule has 9 rings (SSSR count). The van der Waals surface area contributed by atoms with E-state index >= 15 is 0 Å². The van der Waals surface area contributed by atoms with Crippen molar-refractivity contribution in [1.82, 2.24) is 28.7 Å². The summed E-state index contributed by atoms with van der Waals surface area (Å²) < 4.78 is 41.3. The van der Waals surface area contributed by atoms with Crippen LogP contribution in [0, 0.1) is 5.92 Å². The van der Waals surface area contributed by atoms with Gasteiger partial charge in [-0.1, -0.05) is 60.2 Å². The van der Waals surface area contributed by atoms with Crippen LogP contribution in [-0.4, -0.2) is 116 Å². The van der Waals surface area contributed by atoms with E-state index < -0.39 is 31.5 Å². The van der Waals surface area contributed by atoms with Crippen molar-refractivity contribution in [2.45, 2.75) is 115 Å². The Morgan fingerprint density at radius 2 is 1.71 bits per heavy atom. The van der Waals surface area contributed by atoms with Crippen LogP contribution in [0.5, 0.6) is 0 Å². The molecule has 15 heteroatoms. The Labute approximate surface area is 387 Å². The zero-order valence-corrected chi connectivity index (χ0v) is 40.0. The summed E-state index contributed by atoms with van der Waals surface area (Å²) in [5.74, 6) is 1.02. The van der Waals surface area contributed by atoms with Crippen molar-refractivity contribution in [1.29, 1.82) is 0 Å². The molecule has 5 aromatic rings. The molecule has 4 aliphatic rings.